The number of imidazole rings is 1. The number of benzene rings is 5. The predicted octanol–water partition coefficient (Wildman–Crippen LogP) is 12.4. The summed E-state index contributed by atoms with van der Waals surface area (Å²) in [6.45, 7) is 21.1. The lowest BCUT2D eigenvalue weighted by Gasteiger charge is -2.48. The number of hydrogen-bond donors (Lipinski definition) is 0. The van der Waals surface area contributed by atoms with Gasteiger partial charge in [-0.15, -0.1) is 0 Å². The zero-order chi connectivity index (χ0) is 33.0. The summed E-state index contributed by atoms with van der Waals surface area (Å²) in [5, 5.41) is 2.24. The van der Waals surface area contributed by atoms with Crippen LogP contribution in [0.5, 0.6) is 0 Å². The van der Waals surface area contributed by atoms with Crippen LogP contribution in [-0.2, 0) is 10.8 Å². The molecule has 0 spiro atoms. The maximum absolute atomic E-state index is 6.68. The number of furan rings is 1. The lowest BCUT2D eigenvalue weighted by molar-refractivity contribution is 0.299. The average Bonchev–Trinajstić information content (AvgIpc) is 3.62. The molecule has 3 nitrogen and oxygen atoms in total. The Balaban J connectivity index is 1.61. The van der Waals surface area contributed by atoms with Crippen molar-refractivity contribution in [1.29, 1.82) is 0 Å². The second-order valence-electron chi connectivity index (χ2n) is 15.3. The minimum Gasteiger partial charge on any atom is -0.455 e. The Bertz CT molecular complexity index is 2350. The Morgan fingerprint density at radius 1 is 0.660 bits per heavy atom. The largest absolute Gasteiger partial charge is 0.455 e. The highest BCUT2D eigenvalue weighted by Gasteiger charge is 2.47. The summed E-state index contributed by atoms with van der Waals surface area (Å²) in [6, 6.07) is 33.3. The van der Waals surface area contributed by atoms with Crippen molar-refractivity contribution in [2.45, 2.75) is 85.0 Å². The zero-order valence-electron chi connectivity index (χ0n) is 29.1. The molecule has 2 aromatic heterocycles. The molecule has 3 heteroatoms. The number of para-hydroxylation sites is 2. The van der Waals surface area contributed by atoms with Crippen LogP contribution in [0, 0.1) is 6.92 Å². The molecule has 0 unspecified atom stereocenters. The lowest BCUT2D eigenvalue weighted by atomic mass is 9.55. The zero-order valence-corrected chi connectivity index (χ0v) is 29.1. The minimum absolute atomic E-state index is 0.0616. The van der Waals surface area contributed by atoms with Gasteiger partial charge in [0.25, 0.3) is 0 Å². The Hall–Kier alpha value is -4.63. The summed E-state index contributed by atoms with van der Waals surface area (Å²) >= 11 is 0. The fraction of sp³-hybridized carbons (Fsp3) is 0.295. The lowest BCUT2D eigenvalue weighted by Crippen LogP contribution is -2.43. The van der Waals surface area contributed by atoms with Gasteiger partial charge in [0.1, 0.15) is 17.0 Å². The Labute approximate surface area is 278 Å². The molecule has 1 aliphatic rings. The summed E-state index contributed by atoms with van der Waals surface area (Å²) in [4.78, 5) is 5.57. The molecule has 7 aromatic rings. The molecule has 0 aliphatic heterocycles. The van der Waals surface area contributed by atoms with Gasteiger partial charge in [-0.05, 0) is 75.6 Å². The standard InChI is InChI=1S/C44H44N2O/c1-25(2)32-23-27(5)24-33(26(3)4)39(32)46-40-36(22-21-35-38(40)30-16-10-12-19-34(30)43(6,7)44(35,8)9)45-42(46)31-18-14-17-29-28-15-11-13-20-37(28)47-41(29)31/h10-26H,1-9H3. The summed E-state index contributed by atoms with van der Waals surface area (Å²) in [5.74, 6) is 1.56. The van der Waals surface area contributed by atoms with Crippen LogP contribution in [0.4, 0.5) is 0 Å². The summed E-state index contributed by atoms with van der Waals surface area (Å²) in [7, 11) is 0. The van der Waals surface area contributed by atoms with E-state index in [0.29, 0.717) is 11.8 Å². The van der Waals surface area contributed by atoms with Crippen molar-refractivity contribution in [3.8, 4) is 28.2 Å². The van der Waals surface area contributed by atoms with E-state index in [1.807, 2.05) is 6.07 Å². The van der Waals surface area contributed by atoms with Gasteiger partial charge in [0, 0.05) is 16.3 Å². The van der Waals surface area contributed by atoms with Crippen molar-refractivity contribution in [2.24, 2.45) is 0 Å². The van der Waals surface area contributed by atoms with Crippen molar-refractivity contribution in [3.63, 3.8) is 0 Å². The fourth-order valence-electron chi connectivity index (χ4n) is 8.18. The number of aryl methyl sites for hydroxylation is 1. The molecule has 0 radical (unpaired) electrons. The average molecular weight is 617 g/mol. The van der Waals surface area contributed by atoms with E-state index < -0.39 is 0 Å². The van der Waals surface area contributed by atoms with E-state index in [2.05, 4.69) is 152 Å². The molecule has 8 rings (SSSR count). The van der Waals surface area contributed by atoms with E-state index in [-0.39, 0.29) is 10.8 Å². The van der Waals surface area contributed by atoms with Gasteiger partial charge in [0.05, 0.1) is 22.3 Å². The molecule has 0 saturated heterocycles. The molecular weight excluding hydrogens is 572 g/mol. The third-order valence-electron chi connectivity index (χ3n) is 11.4. The number of rotatable bonds is 4. The predicted molar refractivity (Wildman–Crippen MR) is 198 cm³/mol. The first-order valence-electron chi connectivity index (χ1n) is 17.1. The normalized spacial score (nSPS) is 15.2. The van der Waals surface area contributed by atoms with E-state index >= 15 is 0 Å². The van der Waals surface area contributed by atoms with Crippen LogP contribution in [0.2, 0.25) is 0 Å². The van der Waals surface area contributed by atoms with Crippen molar-refractivity contribution in [2.75, 3.05) is 0 Å². The first-order chi connectivity index (χ1) is 22.4. The van der Waals surface area contributed by atoms with Gasteiger partial charge in [-0.1, -0.05) is 134 Å². The monoisotopic (exact) mass is 616 g/mol. The molecule has 2 heterocycles. The molecule has 1 aliphatic carbocycles. The molecule has 0 bridgehead atoms. The summed E-state index contributed by atoms with van der Waals surface area (Å²) < 4.78 is 9.19. The molecule has 0 atom stereocenters. The first kappa shape index (κ1) is 29.8. The quantitative estimate of drug-likeness (QED) is 0.197. The summed E-state index contributed by atoms with van der Waals surface area (Å²) in [5.41, 5.74) is 15.4. The van der Waals surface area contributed by atoms with Gasteiger partial charge in [-0.3, -0.25) is 4.57 Å². The van der Waals surface area contributed by atoms with Crippen LogP contribution in [0.25, 0.3) is 61.2 Å². The van der Waals surface area contributed by atoms with E-state index in [0.717, 1.165) is 38.8 Å². The van der Waals surface area contributed by atoms with Crippen LogP contribution >= 0.6 is 0 Å². The third kappa shape index (κ3) is 4.08. The van der Waals surface area contributed by atoms with Crippen molar-refractivity contribution >= 4 is 33.0 Å². The van der Waals surface area contributed by atoms with Crippen molar-refractivity contribution in [1.82, 2.24) is 9.55 Å². The highest BCUT2D eigenvalue weighted by Crippen LogP contribution is 2.56. The van der Waals surface area contributed by atoms with Crippen LogP contribution in [0.1, 0.15) is 95.0 Å². The van der Waals surface area contributed by atoms with Crippen LogP contribution < -0.4 is 0 Å². The topological polar surface area (TPSA) is 31.0 Å². The van der Waals surface area contributed by atoms with Gasteiger partial charge < -0.3 is 4.42 Å². The smallest absolute Gasteiger partial charge is 0.149 e. The molecule has 0 fully saturated rings. The molecule has 5 aromatic carbocycles. The second-order valence-corrected chi connectivity index (χ2v) is 15.3. The molecule has 47 heavy (non-hydrogen) atoms. The number of aromatic nitrogens is 2. The van der Waals surface area contributed by atoms with E-state index in [4.69, 9.17) is 9.40 Å². The molecule has 0 saturated carbocycles. The van der Waals surface area contributed by atoms with Crippen molar-refractivity contribution < 1.29 is 4.42 Å². The minimum atomic E-state index is -0.117. The van der Waals surface area contributed by atoms with Crippen LogP contribution in [-0.4, -0.2) is 9.55 Å². The van der Waals surface area contributed by atoms with Crippen LogP contribution in [0.15, 0.2) is 95.4 Å². The first-order valence-corrected chi connectivity index (χ1v) is 17.1. The maximum atomic E-state index is 6.68. The Morgan fingerprint density at radius 3 is 2.00 bits per heavy atom. The highest BCUT2D eigenvalue weighted by molar-refractivity contribution is 6.10. The summed E-state index contributed by atoms with van der Waals surface area (Å²) in [6.07, 6.45) is 0. The number of hydrogen-bond acceptors (Lipinski definition) is 2. The van der Waals surface area contributed by atoms with Gasteiger partial charge in [0.15, 0.2) is 0 Å². The fourth-order valence-corrected chi connectivity index (χ4v) is 8.18. The molecular formula is C44H44N2O. The van der Waals surface area contributed by atoms with Gasteiger partial charge in [0.2, 0.25) is 0 Å². The van der Waals surface area contributed by atoms with Crippen molar-refractivity contribution in [3.05, 3.63) is 119 Å². The molecule has 0 amide bonds. The Morgan fingerprint density at radius 2 is 1.28 bits per heavy atom. The molecule has 236 valence electrons. The van der Waals surface area contributed by atoms with Crippen LogP contribution in [0.3, 0.4) is 0 Å². The highest BCUT2D eigenvalue weighted by atomic mass is 16.3. The van der Waals surface area contributed by atoms with E-state index in [1.54, 1.807) is 0 Å². The number of fused-ring (bicyclic) bond motifs is 8. The van der Waals surface area contributed by atoms with Gasteiger partial charge in [-0.25, -0.2) is 4.98 Å². The van der Waals surface area contributed by atoms with Gasteiger partial charge in [-0.2, -0.15) is 0 Å². The second kappa shape index (κ2) is 10.2. The van der Waals surface area contributed by atoms with E-state index in [1.165, 1.54) is 50.1 Å². The Kier molecular flexibility index (Phi) is 6.45. The van der Waals surface area contributed by atoms with E-state index in [9.17, 15) is 0 Å². The number of nitrogens with zero attached hydrogens (tertiary/aromatic N) is 2. The maximum Gasteiger partial charge on any atom is 0.149 e. The SMILES string of the molecule is Cc1cc(C(C)C)c(-n2c(-c3cccc4c3oc3ccccc34)nc3ccc4c(c32)-c2ccccc2C(C)(C)C4(C)C)c(C(C)C)c1. The molecule has 0 N–H and O–H groups in total. The van der Waals surface area contributed by atoms with Gasteiger partial charge >= 0.3 is 0 Å². The third-order valence-corrected chi connectivity index (χ3v) is 11.4.